The molecule has 1 saturated carbocycles. The maximum Gasteiger partial charge on any atom is 0.225 e. The molecule has 15 heavy (non-hydrogen) atoms. The van der Waals surface area contributed by atoms with Crippen molar-refractivity contribution in [1.82, 2.24) is 4.90 Å². The fraction of sp³-hybridized carbons (Fsp3) is 0.917. The minimum absolute atomic E-state index is 0.339. The fourth-order valence-electron chi connectivity index (χ4n) is 2.12. The first-order valence-corrected chi connectivity index (χ1v) is 6.14. The third-order valence-corrected chi connectivity index (χ3v) is 3.36. The topological polar surface area (TPSA) is 29.5 Å². The van der Waals surface area contributed by atoms with Crippen molar-refractivity contribution in [2.45, 2.75) is 44.6 Å². The molecule has 0 N–H and O–H groups in total. The van der Waals surface area contributed by atoms with Crippen LogP contribution < -0.4 is 0 Å². The van der Waals surface area contributed by atoms with Crippen LogP contribution in [0.2, 0.25) is 0 Å². The Kier molecular flexibility index (Phi) is 3.62. The molecular weight excluding hydrogens is 190 g/mol. The first kappa shape index (κ1) is 10.9. The van der Waals surface area contributed by atoms with Gasteiger partial charge in [-0.3, -0.25) is 4.79 Å². The van der Waals surface area contributed by atoms with Gasteiger partial charge in [0.25, 0.3) is 0 Å². The molecule has 1 amide bonds. The Morgan fingerprint density at radius 1 is 1.33 bits per heavy atom. The largest absolute Gasteiger partial charge is 0.378 e. The summed E-state index contributed by atoms with van der Waals surface area (Å²) in [5.74, 6) is 0.688. The highest BCUT2D eigenvalue weighted by Crippen LogP contribution is 2.30. The number of rotatable bonds is 4. The van der Waals surface area contributed by atoms with E-state index in [1.165, 1.54) is 19.3 Å². The Bertz CT molecular complexity index is 220. The molecule has 0 radical (unpaired) electrons. The van der Waals surface area contributed by atoms with Crippen LogP contribution >= 0.6 is 0 Å². The highest BCUT2D eigenvalue weighted by atomic mass is 16.5. The molecule has 1 aliphatic heterocycles. The maximum atomic E-state index is 11.7. The van der Waals surface area contributed by atoms with Gasteiger partial charge in [0.1, 0.15) is 0 Å². The zero-order valence-corrected chi connectivity index (χ0v) is 9.58. The second kappa shape index (κ2) is 4.97. The molecule has 86 valence electrons. The van der Waals surface area contributed by atoms with Gasteiger partial charge in [0.15, 0.2) is 0 Å². The van der Waals surface area contributed by atoms with Crippen LogP contribution in [-0.2, 0) is 9.53 Å². The molecule has 1 atom stereocenters. The average Bonchev–Trinajstić information content (AvgIpc) is 3.10. The fourth-order valence-corrected chi connectivity index (χ4v) is 2.12. The summed E-state index contributed by atoms with van der Waals surface area (Å²) in [6.07, 6.45) is 7.26. The summed E-state index contributed by atoms with van der Waals surface area (Å²) in [5.41, 5.74) is 0. The van der Waals surface area contributed by atoms with Gasteiger partial charge >= 0.3 is 0 Å². The number of hydrogen-bond acceptors (Lipinski definition) is 2. The maximum absolute atomic E-state index is 11.7. The Balaban J connectivity index is 1.65. The lowest BCUT2D eigenvalue weighted by Crippen LogP contribution is -2.32. The lowest BCUT2D eigenvalue weighted by Gasteiger charge is -2.25. The molecule has 0 aromatic heterocycles. The van der Waals surface area contributed by atoms with E-state index in [-0.39, 0.29) is 0 Å². The van der Waals surface area contributed by atoms with Gasteiger partial charge in [0, 0.05) is 26.1 Å². The number of carbonyl (C=O) groups is 1. The van der Waals surface area contributed by atoms with E-state index in [2.05, 4.69) is 0 Å². The van der Waals surface area contributed by atoms with E-state index in [9.17, 15) is 4.79 Å². The number of nitrogens with zero attached hydrogens (tertiary/aromatic N) is 1. The third-order valence-electron chi connectivity index (χ3n) is 3.36. The number of ether oxygens (including phenoxy) is 1. The lowest BCUT2D eigenvalue weighted by molar-refractivity contribution is -0.131. The van der Waals surface area contributed by atoms with Crippen molar-refractivity contribution >= 4 is 5.91 Å². The molecule has 0 aromatic rings. The van der Waals surface area contributed by atoms with Crippen LogP contribution in [0.1, 0.15) is 38.5 Å². The van der Waals surface area contributed by atoms with E-state index in [4.69, 9.17) is 4.74 Å². The molecule has 0 aromatic carbocycles. The van der Waals surface area contributed by atoms with Crippen molar-refractivity contribution in [3.63, 3.8) is 0 Å². The van der Waals surface area contributed by atoms with E-state index < -0.39 is 0 Å². The standard InChI is InChI=1S/C12H21NO2/c1-13(12(14)10-5-6-10)8-7-11-4-2-3-9-15-11/h10-11H,2-9H2,1H3. The van der Waals surface area contributed by atoms with Crippen molar-refractivity contribution in [1.29, 1.82) is 0 Å². The van der Waals surface area contributed by atoms with Crippen molar-refractivity contribution in [2.24, 2.45) is 5.92 Å². The molecule has 1 aliphatic carbocycles. The zero-order valence-electron chi connectivity index (χ0n) is 9.58. The quantitative estimate of drug-likeness (QED) is 0.710. The van der Waals surface area contributed by atoms with E-state index in [0.29, 0.717) is 17.9 Å². The first-order valence-electron chi connectivity index (χ1n) is 6.14. The summed E-state index contributed by atoms with van der Waals surface area (Å²) in [7, 11) is 1.92. The summed E-state index contributed by atoms with van der Waals surface area (Å²) in [4.78, 5) is 13.5. The van der Waals surface area contributed by atoms with Crippen LogP contribution in [0.15, 0.2) is 0 Å². The predicted octanol–water partition coefficient (Wildman–Crippen LogP) is 1.81. The Morgan fingerprint density at radius 2 is 2.13 bits per heavy atom. The first-order chi connectivity index (χ1) is 7.27. The van der Waals surface area contributed by atoms with Crippen LogP contribution in [0.25, 0.3) is 0 Å². The summed E-state index contributed by atoms with van der Waals surface area (Å²) in [5, 5.41) is 0. The molecule has 3 nitrogen and oxygen atoms in total. The van der Waals surface area contributed by atoms with Crippen LogP contribution in [0.5, 0.6) is 0 Å². The van der Waals surface area contributed by atoms with E-state index in [0.717, 1.165) is 32.4 Å². The molecule has 2 rings (SSSR count). The highest BCUT2D eigenvalue weighted by Gasteiger charge is 2.32. The summed E-state index contributed by atoms with van der Waals surface area (Å²) < 4.78 is 5.65. The predicted molar refractivity (Wildman–Crippen MR) is 58.6 cm³/mol. The van der Waals surface area contributed by atoms with Crippen molar-refractivity contribution in [3.8, 4) is 0 Å². The molecule has 2 fully saturated rings. The molecular formula is C12H21NO2. The molecule has 0 spiro atoms. The van der Waals surface area contributed by atoms with Crippen LogP contribution in [-0.4, -0.2) is 37.1 Å². The molecule has 3 heteroatoms. The number of amides is 1. The second-order valence-corrected chi connectivity index (χ2v) is 4.81. The molecule has 1 heterocycles. The van der Waals surface area contributed by atoms with Crippen LogP contribution in [0.4, 0.5) is 0 Å². The summed E-state index contributed by atoms with van der Waals surface area (Å²) >= 11 is 0. The molecule has 0 bridgehead atoms. The van der Waals surface area contributed by atoms with Gasteiger partial charge in [-0.2, -0.15) is 0 Å². The average molecular weight is 211 g/mol. The Morgan fingerprint density at radius 3 is 2.73 bits per heavy atom. The van der Waals surface area contributed by atoms with E-state index in [1.807, 2.05) is 11.9 Å². The number of carbonyl (C=O) groups excluding carboxylic acids is 1. The minimum Gasteiger partial charge on any atom is -0.378 e. The Hall–Kier alpha value is -0.570. The monoisotopic (exact) mass is 211 g/mol. The van der Waals surface area contributed by atoms with Crippen LogP contribution in [0.3, 0.4) is 0 Å². The van der Waals surface area contributed by atoms with Crippen molar-refractivity contribution in [3.05, 3.63) is 0 Å². The number of hydrogen-bond donors (Lipinski definition) is 0. The van der Waals surface area contributed by atoms with Crippen molar-refractivity contribution in [2.75, 3.05) is 20.2 Å². The summed E-state index contributed by atoms with van der Waals surface area (Å²) in [6, 6.07) is 0. The third kappa shape index (κ3) is 3.20. The zero-order chi connectivity index (χ0) is 10.7. The smallest absolute Gasteiger partial charge is 0.225 e. The summed E-state index contributed by atoms with van der Waals surface area (Å²) in [6.45, 7) is 1.77. The second-order valence-electron chi connectivity index (χ2n) is 4.81. The van der Waals surface area contributed by atoms with Crippen molar-refractivity contribution < 1.29 is 9.53 Å². The normalized spacial score (nSPS) is 26.3. The lowest BCUT2D eigenvalue weighted by atomic mass is 10.1. The Labute approximate surface area is 91.8 Å². The van der Waals surface area contributed by atoms with Gasteiger partial charge in [-0.25, -0.2) is 0 Å². The van der Waals surface area contributed by atoms with Gasteiger partial charge in [-0.05, 0) is 38.5 Å². The van der Waals surface area contributed by atoms with Crippen LogP contribution in [0, 0.1) is 5.92 Å². The van der Waals surface area contributed by atoms with E-state index >= 15 is 0 Å². The highest BCUT2D eigenvalue weighted by molar-refractivity contribution is 5.80. The minimum atomic E-state index is 0.339. The van der Waals surface area contributed by atoms with Gasteiger partial charge in [0.05, 0.1) is 6.10 Å². The SMILES string of the molecule is CN(CCC1CCCCO1)C(=O)C1CC1. The van der Waals surface area contributed by atoms with Gasteiger partial charge in [-0.1, -0.05) is 0 Å². The molecule has 1 unspecified atom stereocenters. The van der Waals surface area contributed by atoms with Gasteiger partial charge in [0.2, 0.25) is 5.91 Å². The van der Waals surface area contributed by atoms with E-state index in [1.54, 1.807) is 0 Å². The molecule has 2 aliphatic rings. The van der Waals surface area contributed by atoms with Gasteiger partial charge in [-0.15, -0.1) is 0 Å². The molecule has 1 saturated heterocycles. The van der Waals surface area contributed by atoms with Gasteiger partial charge < -0.3 is 9.64 Å².